The zero-order valence-electron chi connectivity index (χ0n) is 14.5. The minimum absolute atomic E-state index is 0.0160. The van der Waals surface area contributed by atoms with Crippen molar-refractivity contribution < 1.29 is 9.84 Å². The van der Waals surface area contributed by atoms with Gasteiger partial charge >= 0.3 is 0 Å². The summed E-state index contributed by atoms with van der Waals surface area (Å²) in [6.07, 6.45) is 2.15. The quantitative estimate of drug-likeness (QED) is 0.658. The summed E-state index contributed by atoms with van der Waals surface area (Å²) in [5.41, 5.74) is 5.87. The predicted octanol–water partition coefficient (Wildman–Crippen LogP) is 5.10. The summed E-state index contributed by atoms with van der Waals surface area (Å²) in [5.74, 6) is 0.969. The van der Waals surface area contributed by atoms with Gasteiger partial charge in [-0.15, -0.1) is 11.3 Å². The maximum atomic E-state index is 12.2. The molecule has 1 radical (unpaired) electrons. The third kappa shape index (κ3) is 3.29. The minimum Gasteiger partial charge on any atom is -0.490 e. The molecule has 0 aliphatic carbocycles. The fraction of sp³-hybridized carbons (Fsp3) is 0.350. The highest BCUT2D eigenvalue weighted by atomic mass is 32.1. The van der Waals surface area contributed by atoms with Crippen molar-refractivity contribution in [3.63, 3.8) is 0 Å². The van der Waals surface area contributed by atoms with Gasteiger partial charge in [-0.05, 0) is 43.2 Å². The molecule has 3 aromatic rings. The third-order valence-corrected chi connectivity index (χ3v) is 5.75. The molecule has 0 bridgehead atoms. The van der Waals surface area contributed by atoms with Crippen LogP contribution in [0.1, 0.15) is 24.0 Å². The molecule has 2 aromatic carbocycles. The number of anilines is 1. The molecule has 25 heavy (non-hydrogen) atoms. The van der Waals surface area contributed by atoms with E-state index in [2.05, 4.69) is 48.0 Å². The van der Waals surface area contributed by atoms with E-state index in [1.54, 1.807) is 11.6 Å². The predicted molar refractivity (Wildman–Crippen MR) is 102 cm³/mol. The van der Waals surface area contributed by atoms with Crippen molar-refractivity contribution >= 4 is 27.2 Å². The first-order valence-electron chi connectivity index (χ1n) is 8.63. The van der Waals surface area contributed by atoms with E-state index in [0.29, 0.717) is 5.52 Å². The van der Waals surface area contributed by atoms with Crippen LogP contribution in [0, 0.1) is 13.8 Å². The second-order valence-corrected chi connectivity index (χ2v) is 7.58. The lowest BCUT2D eigenvalue weighted by molar-refractivity contribution is 0.171. The molecular formula is C20H21N2O2S. The van der Waals surface area contributed by atoms with E-state index in [1.165, 1.54) is 22.5 Å². The molecule has 4 rings (SSSR count). The van der Waals surface area contributed by atoms with Crippen LogP contribution in [0.5, 0.6) is 11.5 Å². The molecule has 0 unspecified atom stereocenters. The van der Waals surface area contributed by atoms with Gasteiger partial charge in [-0.25, -0.2) is 4.98 Å². The first kappa shape index (κ1) is 16.2. The SMILES string of the molecule is Cc1ccc(OC2CCN(c3cc([O])c4ncsc4c3)CC2)cc1C. The van der Waals surface area contributed by atoms with Crippen LogP contribution in [-0.4, -0.2) is 24.2 Å². The minimum atomic E-state index is 0.0160. The van der Waals surface area contributed by atoms with Crippen LogP contribution in [0.2, 0.25) is 0 Å². The topological polar surface area (TPSA) is 45.3 Å². The second-order valence-electron chi connectivity index (χ2n) is 6.69. The van der Waals surface area contributed by atoms with E-state index in [4.69, 9.17) is 4.74 Å². The number of aryl methyl sites for hydroxylation is 2. The van der Waals surface area contributed by atoms with E-state index in [1.807, 2.05) is 0 Å². The van der Waals surface area contributed by atoms with Crippen molar-refractivity contribution in [2.45, 2.75) is 32.8 Å². The zero-order valence-corrected chi connectivity index (χ0v) is 15.3. The number of hydrogen-bond acceptors (Lipinski definition) is 4. The number of rotatable bonds is 3. The van der Waals surface area contributed by atoms with Crippen molar-refractivity contribution in [3.8, 4) is 11.5 Å². The Morgan fingerprint density at radius 3 is 2.68 bits per heavy atom. The largest absolute Gasteiger partial charge is 0.490 e. The number of thiazole rings is 1. The first-order chi connectivity index (χ1) is 12.1. The highest BCUT2D eigenvalue weighted by Crippen LogP contribution is 2.34. The van der Waals surface area contributed by atoms with E-state index in [-0.39, 0.29) is 11.9 Å². The summed E-state index contributed by atoms with van der Waals surface area (Å²) in [5, 5.41) is 12.2. The highest BCUT2D eigenvalue weighted by Gasteiger charge is 2.22. The molecule has 2 heterocycles. The molecule has 0 spiro atoms. The Hall–Kier alpha value is -2.27. The summed E-state index contributed by atoms with van der Waals surface area (Å²) in [6, 6.07) is 10.1. The van der Waals surface area contributed by atoms with Crippen LogP contribution < -0.4 is 9.64 Å². The fourth-order valence-electron chi connectivity index (χ4n) is 3.32. The Morgan fingerprint density at radius 2 is 1.92 bits per heavy atom. The van der Waals surface area contributed by atoms with Gasteiger partial charge < -0.3 is 9.64 Å². The van der Waals surface area contributed by atoms with Gasteiger partial charge in [0.15, 0.2) is 0 Å². The number of piperidine rings is 1. The Morgan fingerprint density at radius 1 is 1.12 bits per heavy atom. The molecule has 0 atom stereocenters. The monoisotopic (exact) mass is 353 g/mol. The van der Waals surface area contributed by atoms with Crippen molar-refractivity contribution in [1.82, 2.24) is 4.98 Å². The summed E-state index contributed by atoms with van der Waals surface area (Å²) < 4.78 is 7.13. The van der Waals surface area contributed by atoms with Crippen molar-refractivity contribution in [2.24, 2.45) is 0 Å². The van der Waals surface area contributed by atoms with Gasteiger partial charge in [0.1, 0.15) is 17.4 Å². The van der Waals surface area contributed by atoms with Crippen LogP contribution in [0.25, 0.3) is 10.2 Å². The lowest BCUT2D eigenvalue weighted by Gasteiger charge is -2.33. The van der Waals surface area contributed by atoms with Crippen LogP contribution in [-0.2, 0) is 5.11 Å². The van der Waals surface area contributed by atoms with Crippen molar-refractivity contribution in [3.05, 3.63) is 47.0 Å². The normalized spacial score (nSPS) is 15.7. The van der Waals surface area contributed by atoms with Gasteiger partial charge in [0.25, 0.3) is 0 Å². The number of aromatic nitrogens is 1. The van der Waals surface area contributed by atoms with Gasteiger partial charge in [0, 0.05) is 37.7 Å². The molecular weight excluding hydrogens is 332 g/mol. The van der Waals surface area contributed by atoms with E-state index in [9.17, 15) is 5.11 Å². The molecule has 0 N–H and O–H groups in total. The Kier molecular flexibility index (Phi) is 4.25. The zero-order chi connectivity index (χ0) is 17.4. The van der Waals surface area contributed by atoms with Crippen LogP contribution in [0.4, 0.5) is 5.69 Å². The van der Waals surface area contributed by atoms with Gasteiger partial charge in [0.05, 0.1) is 10.2 Å². The smallest absolute Gasteiger partial charge is 0.207 e. The first-order valence-corrected chi connectivity index (χ1v) is 9.51. The highest BCUT2D eigenvalue weighted by molar-refractivity contribution is 7.16. The summed E-state index contributed by atoms with van der Waals surface area (Å²) in [6.45, 7) is 6.03. The Labute approximate surface area is 151 Å². The molecule has 129 valence electrons. The number of hydrogen-bond donors (Lipinski definition) is 0. The van der Waals surface area contributed by atoms with Crippen LogP contribution in [0.15, 0.2) is 35.8 Å². The number of fused-ring (bicyclic) bond motifs is 1. The Balaban J connectivity index is 1.42. The second kappa shape index (κ2) is 6.56. The molecule has 5 heteroatoms. The van der Waals surface area contributed by atoms with Crippen LogP contribution in [0.3, 0.4) is 0 Å². The number of nitrogens with zero attached hydrogens (tertiary/aromatic N) is 2. The maximum absolute atomic E-state index is 12.2. The van der Waals surface area contributed by atoms with Crippen molar-refractivity contribution in [2.75, 3.05) is 18.0 Å². The maximum Gasteiger partial charge on any atom is 0.207 e. The molecule has 0 saturated carbocycles. The third-order valence-electron chi connectivity index (χ3n) is 4.97. The van der Waals surface area contributed by atoms with Gasteiger partial charge in [-0.1, -0.05) is 6.07 Å². The number of benzene rings is 2. The standard InChI is InChI=1S/C20H21N2O2S/c1-13-3-4-17(9-14(13)2)24-16-5-7-22(8-6-16)15-10-18(23)20-19(11-15)25-12-21-20/h3-4,9-12,16H,5-8H2,1-2H3. The molecule has 1 saturated heterocycles. The molecule has 1 aromatic heterocycles. The number of ether oxygens (including phenoxy) is 1. The molecule has 0 amide bonds. The van der Waals surface area contributed by atoms with E-state index in [0.717, 1.165) is 42.1 Å². The van der Waals surface area contributed by atoms with Gasteiger partial charge in [-0.3, -0.25) is 5.11 Å². The average Bonchev–Trinajstić information content (AvgIpc) is 3.08. The molecule has 1 fully saturated rings. The fourth-order valence-corrected chi connectivity index (χ4v) is 4.04. The van der Waals surface area contributed by atoms with E-state index >= 15 is 0 Å². The summed E-state index contributed by atoms with van der Waals surface area (Å²) in [7, 11) is 0. The van der Waals surface area contributed by atoms with E-state index < -0.39 is 0 Å². The lowest BCUT2D eigenvalue weighted by Crippen LogP contribution is -2.38. The summed E-state index contributed by atoms with van der Waals surface area (Å²) >= 11 is 1.52. The molecule has 1 aliphatic heterocycles. The average molecular weight is 353 g/mol. The van der Waals surface area contributed by atoms with Gasteiger partial charge in [0.2, 0.25) is 5.75 Å². The lowest BCUT2D eigenvalue weighted by atomic mass is 10.1. The van der Waals surface area contributed by atoms with Gasteiger partial charge in [-0.2, -0.15) is 0 Å². The van der Waals surface area contributed by atoms with Crippen LogP contribution >= 0.6 is 11.3 Å². The molecule has 1 aliphatic rings. The summed E-state index contributed by atoms with van der Waals surface area (Å²) in [4.78, 5) is 6.42. The molecule has 4 nitrogen and oxygen atoms in total. The Bertz CT molecular complexity index is 898. The van der Waals surface area contributed by atoms with Crippen molar-refractivity contribution in [1.29, 1.82) is 0 Å².